The van der Waals surface area contributed by atoms with E-state index in [2.05, 4.69) is 5.32 Å². The first-order valence-electron chi connectivity index (χ1n) is 7.39. The summed E-state index contributed by atoms with van der Waals surface area (Å²) < 4.78 is 44.0. The van der Waals surface area contributed by atoms with E-state index in [1.807, 2.05) is 0 Å². The van der Waals surface area contributed by atoms with Gasteiger partial charge in [-0.1, -0.05) is 11.6 Å². The average molecular weight is 381 g/mol. The average Bonchev–Trinajstić information content (AvgIpc) is 2.99. The molecular formula is C15H16ClF3N2O4. The Morgan fingerprint density at radius 3 is 2.44 bits per heavy atom. The van der Waals surface area contributed by atoms with Crippen LogP contribution in [0.5, 0.6) is 5.75 Å². The Bertz CT molecular complexity index is 624. The Labute approximate surface area is 146 Å². The molecule has 1 saturated heterocycles. The lowest BCUT2D eigenvalue weighted by Crippen LogP contribution is -2.41. The number of carboxylic acid groups (broad SMARTS) is 1. The summed E-state index contributed by atoms with van der Waals surface area (Å²) in [5.41, 5.74) is 0. The molecular weight excluding hydrogens is 365 g/mol. The van der Waals surface area contributed by atoms with E-state index in [-0.39, 0.29) is 13.2 Å². The van der Waals surface area contributed by atoms with Crippen molar-refractivity contribution < 1.29 is 32.6 Å². The highest BCUT2D eigenvalue weighted by atomic mass is 35.5. The third-order valence-electron chi connectivity index (χ3n) is 3.81. The number of ether oxygens (including phenoxy) is 1. The van der Waals surface area contributed by atoms with E-state index in [1.54, 1.807) is 24.3 Å². The molecule has 0 aromatic heterocycles. The van der Waals surface area contributed by atoms with Crippen LogP contribution in [0.25, 0.3) is 0 Å². The Hall–Kier alpha value is -2.16. The van der Waals surface area contributed by atoms with Gasteiger partial charge in [-0.2, -0.15) is 13.2 Å². The summed E-state index contributed by atoms with van der Waals surface area (Å²) in [5.74, 6) is -4.76. The van der Waals surface area contributed by atoms with E-state index in [9.17, 15) is 22.8 Å². The maximum absolute atomic E-state index is 12.9. The van der Waals surface area contributed by atoms with Gasteiger partial charge in [-0.3, -0.25) is 4.79 Å². The molecule has 0 radical (unpaired) electrons. The van der Waals surface area contributed by atoms with E-state index < -0.39 is 43.1 Å². The molecule has 0 unspecified atom stereocenters. The van der Waals surface area contributed by atoms with Gasteiger partial charge < -0.3 is 20.1 Å². The van der Waals surface area contributed by atoms with E-state index in [0.717, 1.165) is 4.90 Å². The van der Waals surface area contributed by atoms with Crippen molar-refractivity contribution in [3.8, 4) is 5.75 Å². The molecule has 0 aliphatic carbocycles. The van der Waals surface area contributed by atoms with Gasteiger partial charge in [-0.15, -0.1) is 0 Å². The smallest absolute Gasteiger partial charge is 0.394 e. The molecule has 1 aliphatic rings. The van der Waals surface area contributed by atoms with Gasteiger partial charge in [0, 0.05) is 18.1 Å². The minimum Gasteiger partial charge on any atom is -0.492 e. The molecule has 1 heterocycles. The Morgan fingerprint density at radius 2 is 1.92 bits per heavy atom. The summed E-state index contributed by atoms with van der Waals surface area (Å²) >= 11 is 5.73. The molecule has 25 heavy (non-hydrogen) atoms. The highest BCUT2D eigenvalue weighted by Crippen LogP contribution is 2.37. The molecule has 2 amide bonds. The molecule has 1 aliphatic heterocycles. The normalized spacial score (nSPS) is 20.4. The molecule has 2 N–H and O–H groups in total. The van der Waals surface area contributed by atoms with Crippen LogP contribution in [0.1, 0.15) is 0 Å². The van der Waals surface area contributed by atoms with Gasteiger partial charge in [-0.25, -0.2) is 4.79 Å². The molecule has 0 saturated carbocycles. The largest absolute Gasteiger partial charge is 0.492 e. The van der Waals surface area contributed by atoms with Crippen molar-refractivity contribution in [2.75, 3.05) is 26.2 Å². The molecule has 2 atom stereocenters. The van der Waals surface area contributed by atoms with Gasteiger partial charge in [0.25, 0.3) is 0 Å². The van der Waals surface area contributed by atoms with E-state index in [1.165, 1.54) is 0 Å². The molecule has 138 valence electrons. The standard InChI is InChI=1S/C15H16ClF3N2O4/c16-9-1-3-10(4-2-9)25-6-5-20-14(24)21-7-11(13(22)23)12(8-21)15(17,18)19/h1-4,11-12H,5-8H2,(H,20,24)(H,22,23)/t11-,12-/m1/s1. The summed E-state index contributed by atoms with van der Waals surface area (Å²) in [6, 6.07) is 5.77. The molecule has 1 fully saturated rings. The number of carboxylic acids is 1. The van der Waals surface area contributed by atoms with Gasteiger partial charge in [0.1, 0.15) is 12.4 Å². The molecule has 6 nitrogen and oxygen atoms in total. The number of halogens is 4. The zero-order valence-corrected chi connectivity index (χ0v) is 13.7. The number of nitrogens with one attached hydrogen (secondary N) is 1. The second-order valence-corrected chi connectivity index (χ2v) is 5.97. The second-order valence-electron chi connectivity index (χ2n) is 5.53. The first-order valence-corrected chi connectivity index (χ1v) is 7.77. The van der Waals surface area contributed by atoms with Crippen molar-refractivity contribution in [3.63, 3.8) is 0 Å². The van der Waals surface area contributed by atoms with Crippen LogP contribution in [-0.4, -0.2) is 54.4 Å². The van der Waals surface area contributed by atoms with Crippen molar-refractivity contribution in [1.82, 2.24) is 10.2 Å². The minimum atomic E-state index is -4.67. The van der Waals surface area contributed by atoms with Gasteiger partial charge in [-0.05, 0) is 24.3 Å². The van der Waals surface area contributed by atoms with E-state index >= 15 is 0 Å². The van der Waals surface area contributed by atoms with Gasteiger partial charge >= 0.3 is 18.2 Å². The number of likely N-dealkylation sites (tertiary alicyclic amines) is 1. The van der Waals surface area contributed by atoms with Crippen molar-refractivity contribution in [3.05, 3.63) is 29.3 Å². The monoisotopic (exact) mass is 380 g/mol. The van der Waals surface area contributed by atoms with Gasteiger partial charge in [0.2, 0.25) is 0 Å². The Kier molecular flexibility index (Phi) is 5.99. The molecule has 0 bridgehead atoms. The zero-order chi connectivity index (χ0) is 18.6. The number of carbonyl (C=O) groups excluding carboxylic acids is 1. The number of amides is 2. The van der Waals surface area contributed by atoms with Crippen LogP contribution in [0.4, 0.5) is 18.0 Å². The Balaban J connectivity index is 1.80. The quantitative estimate of drug-likeness (QED) is 0.770. The number of hydrogen-bond donors (Lipinski definition) is 2. The predicted molar refractivity (Wildman–Crippen MR) is 82.6 cm³/mol. The number of benzene rings is 1. The lowest BCUT2D eigenvalue weighted by molar-refractivity contribution is -0.187. The second kappa shape index (κ2) is 7.81. The molecule has 1 aromatic carbocycles. The fraction of sp³-hybridized carbons (Fsp3) is 0.467. The number of aliphatic carboxylic acids is 1. The van der Waals surface area contributed by atoms with Crippen molar-refractivity contribution >= 4 is 23.6 Å². The lowest BCUT2D eigenvalue weighted by atomic mass is 9.96. The number of rotatable bonds is 5. The fourth-order valence-corrected chi connectivity index (χ4v) is 2.65. The zero-order valence-electron chi connectivity index (χ0n) is 12.9. The number of nitrogens with zero attached hydrogens (tertiary/aromatic N) is 1. The SMILES string of the molecule is O=C(O)[C@@H]1CN(C(=O)NCCOc2ccc(Cl)cc2)C[C@H]1C(F)(F)F. The van der Waals surface area contributed by atoms with Crippen molar-refractivity contribution in [2.45, 2.75) is 6.18 Å². The molecule has 10 heteroatoms. The van der Waals surface area contributed by atoms with E-state index in [4.69, 9.17) is 21.4 Å². The summed E-state index contributed by atoms with van der Waals surface area (Å²) in [6.45, 7) is -0.994. The summed E-state index contributed by atoms with van der Waals surface area (Å²) in [6.07, 6.45) is -4.67. The summed E-state index contributed by atoms with van der Waals surface area (Å²) in [5, 5.41) is 11.9. The maximum Gasteiger partial charge on any atom is 0.394 e. The van der Waals surface area contributed by atoms with Crippen LogP contribution in [0, 0.1) is 11.8 Å². The van der Waals surface area contributed by atoms with Crippen LogP contribution in [-0.2, 0) is 4.79 Å². The third-order valence-corrected chi connectivity index (χ3v) is 4.06. The van der Waals surface area contributed by atoms with Gasteiger partial charge in [0.15, 0.2) is 0 Å². The van der Waals surface area contributed by atoms with Gasteiger partial charge in [0.05, 0.1) is 18.4 Å². The van der Waals surface area contributed by atoms with E-state index in [0.29, 0.717) is 10.8 Å². The minimum absolute atomic E-state index is 0.0619. The predicted octanol–water partition coefficient (Wildman–Crippen LogP) is 2.62. The van der Waals surface area contributed by atoms with Crippen LogP contribution in [0.3, 0.4) is 0 Å². The highest BCUT2D eigenvalue weighted by molar-refractivity contribution is 6.30. The third kappa shape index (κ3) is 5.15. The van der Waals surface area contributed by atoms with Crippen LogP contribution in [0.2, 0.25) is 5.02 Å². The molecule has 1 aromatic rings. The topological polar surface area (TPSA) is 78.9 Å². The number of hydrogen-bond acceptors (Lipinski definition) is 3. The first kappa shape index (κ1) is 19.2. The number of carbonyl (C=O) groups is 2. The summed E-state index contributed by atoms with van der Waals surface area (Å²) in [4.78, 5) is 23.8. The lowest BCUT2D eigenvalue weighted by Gasteiger charge is -2.18. The number of urea groups is 1. The Morgan fingerprint density at radius 1 is 1.28 bits per heavy atom. The fourth-order valence-electron chi connectivity index (χ4n) is 2.52. The summed E-state index contributed by atoms with van der Waals surface area (Å²) in [7, 11) is 0. The molecule has 0 spiro atoms. The van der Waals surface area contributed by atoms with Crippen molar-refractivity contribution in [2.24, 2.45) is 11.8 Å². The van der Waals surface area contributed by atoms with Crippen LogP contribution in [0.15, 0.2) is 24.3 Å². The van der Waals surface area contributed by atoms with Crippen LogP contribution >= 0.6 is 11.6 Å². The van der Waals surface area contributed by atoms with Crippen molar-refractivity contribution in [1.29, 1.82) is 0 Å². The first-order chi connectivity index (χ1) is 11.7. The highest BCUT2D eigenvalue weighted by Gasteiger charge is 2.53. The van der Waals surface area contributed by atoms with Crippen LogP contribution < -0.4 is 10.1 Å². The number of alkyl halides is 3. The maximum atomic E-state index is 12.9. The molecule has 2 rings (SSSR count).